The zero-order valence-corrected chi connectivity index (χ0v) is 24.3. The number of benzene rings is 4. The fourth-order valence-electron chi connectivity index (χ4n) is 5.53. The molecule has 4 aromatic carbocycles. The minimum absolute atomic E-state index is 0.0291. The summed E-state index contributed by atoms with van der Waals surface area (Å²) in [6.45, 7) is 0.551. The van der Waals surface area contributed by atoms with Crippen LogP contribution in [0.15, 0.2) is 103 Å². The molecule has 0 spiro atoms. The number of nitrogens with zero attached hydrogens (tertiary/aromatic N) is 1. The number of carbonyl (C=O) groups excluding carboxylic acids is 2. The third-order valence-corrected chi connectivity index (χ3v) is 7.89. The molecule has 7 nitrogen and oxygen atoms in total. The summed E-state index contributed by atoms with van der Waals surface area (Å²) in [5.41, 5.74) is 2.78. The van der Waals surface area contributed by atoms with E-state index >= 15 is 0 Å². The SMILES string of the molecule is O=C(c1ccccc1)c1ccccc1NC(Cc1ccc(OCCN(C(=O)C2CCCC2)c2ccc(F)cc2)cc1)C(=O)O. The van der Waals surface area contributed by atoms with Crippen molar-refractivity contribution >= 4 is 29.0 Å². The Morgan fingerprint density at radius 3 is 2.20 bits per heavy atom. The molecule has 226 valence electrons. The largest absolute Gasteiger partial charge is 0.492 e. The lowest BCUT2D eigenvalue weighted by Crippen LogP contribution is -2.38. The van der Waals surface area contributed by atoms with Crippen molar-refractivity contribution in [3.05, 3.63) is 126 Å². The Bertz CT molecular complexity index is 1570. The first kappa shape index (κ1) is 30.5. The topological polar surface area (TPSA) is 95.9 Å². The second kappa shape index (κ2) is 14.5. The lowest BCUT2D eigenvalue weighted by atomic mass is 10.00. The van der Waals surface area contributed by atoms with E-state index in [9.17, 15) is 23.9 Å². The van der Waals surface area contributed by atoms with Crippen molar-refractivity contribution in [1.29, 1.82) is 0 Å². The molecule has 0 radical (unpaired) electrons. The molecule has 0 aromatic heterocycles. The number of aliphatic carboxylic acids is 1. The standard InChI is InChI=1S/C36H35FN2O5/c37-28-16-18-29(19-17-28)39(35(41)27-10-4-5-11-27)22-23-44-30-20-14-25(15-21-30)24-33(36(42)43)38-32-13-7-6-12-31(32)34(40)26-8-2-1-3-9-26/h1-3,6-9,12-21,27,33,38H,4-5,10-11,22-24H2,(H,42,43). The predicted molar refractivity (Wildman–Crippen MR) is 168 cm³/mol. The van der Waals surface area contributed by atoms with Crippen LogP contribution in [0, 0.1) is 11.7 Å². The Morgan fingerprint density at radius 2 is 1.52 bits per heavy atom. The van der Waals surface area contributed by atoms with Crippen LogP contribution in [0.25, 0.3) is 0 Å². The van der Waals surface area contributed by atoms with Crippen molar-refractivity contribution in [3.63, 3.8) is 0 Å². The van der Waals surface area contributed by atoms with Gasteiger partial charge >= 0.3 is 5.97 Å². The van der Waals surface area contributed by atoms with Gasteiger partial charge in [-0.05, 0) is 66.9 Å². The first-order valence-corrected chi connectivity index (χ1v) is 14.9. The van der Waals surface area contributed by atoms with E-state index in [1.165, 1.54) is 12.1 Å². The van der Waals surface area contributed by atoms with Crippen LogP contribution < -0.4 is 15.0 Å². The van der Waals surface area contributed by atoms with E-state index in [2.05, 4.69) is 5.32 Å². The highest BCUT2D eigenvalue weighted by Crippen LogP contribution is 2.29. The van der Waals surface area contributed by atoms with Gasteiger partial charge < -0.3 is 20.1 Å². The van der Waals surface area contributed by atoms with E-state index in [0.29, 0.717) is 34.8 Å². The van der Waals surface area contributed by atoms with Crippen molar-refractivity contribution in [2.45, 2.75) is 38.1 Å². The Hall–Kier alpha value is -4.98. The number of hydrogen-bond donors (Lipinski definition) is 2. The highest BCUT2D eigenvalue weighted by Gasteiger charge is 2.28. The lowest BCUT2D eigenvalue weighted by Gasteiger charge is -2.26. The van der Waals surface area contributed by atoms with Crippen molar-refractivity contribution in [1.82, 2.24) is 0 Å². The van der Waals surface area contributed by atoms with Gasteiger partial charge in [0.2, 0.25) is 5.91 Å². The van der Waals surface area contributed by atoms with Crippen LogP contribution in [0.2, 0.25) is 0 Å². The Kier molecular flexibility index (Phi) is 10.0. The molecule has 0 aliphatic heterocycles. The van der Waals surface area contributed by atoms with Gasteiger partial charge in [-0.1, -0.05) is 67.4 Å². The summed E-state index contributed by atoms with van der Waals surface area (Å²) in [5.74, 6) is -1.00. The van der Waals surface area contributed by atoms with Gasteiger partial charge in [0.1, 0.15) is 24.2 Å². The minimum Gasteiger partial charge on any atom is -0.492 e. The van der Waals surface area contributed by atoms with Gasteiger partial charge in [0.05, 0.1) is 6.54 Å². The van der Waals surface area contributed by atoms with E-state index in [0.717, 1.165) is 31.2 Å². The second-order valence-corrected chi connectivity index (χ2v) is 10.9. The van der Waals surface area contributed by atoms with Crippen LogP contribution >= 0.6 is 0 Å². The number of anilines is 2. The molecular formula is C36H35FN2O5. The molecule has 4 aromatic rings. The number of ketones is 1. The van der Waals surface area contributed by atoms with Gasteiger partial charge in [0.15, 0.2) is 5.78 Å². The fourth-order valence-corrected chi connectivity index (χ4v) is 5.53. The van der Waals surface area contributed by atoms with Crippen molar-refractivity contribution < 1.29 is 28.6 Å². The predicted octanol–water partition coefficient (Wildman–Crippen LogP) is 6.77. The number of rotatable bonds is 13. The normalized spacial score (nSPS) is 13.7. The first-order valence-electron chi connectivity index (χ1n) is 14.9. The van der Waals surface area contributed by atoms with Crippen LogP contribution in [0.5, 0.6) is 5.75 Å². The smallest absolute Gasteiger partial charge is 0.326 e. The summed E-state index contributed by atoms with van der Waals surface area (Å²) < 4.78 is 19.5. The summed E-state index contributed by atoms with van der Waals surface area (Å²) in [7, 11) is 0. The molecule has 0 saturated heterocycles. The van der Waals surface area contributed by atoms with Crippen molar-refractivity contribution in [2.24, 2.45) is 5.92 Å². The average Bonchev–Trinajstić information content (AvgIpc) is 3.60. The average molecular weight is 595 g/mol. The number of amides is 1. The highest BCUT2D eigenvalue weighted by atomic mass is 19.1. The van der Waals surface area contributed by atoms with Gasteiger partial charge in [-0.3, -0.25) is 9.59 Å². The van der Waals surface area contributed by atoms with E-state index < -0.39 is 12.0 Å². The number of halogens is 1. The molecule has 1 amide bonds. The quantitative estimate of drug-likeness (QED) is 0.166. The molecule has 44 heavy (non-hydrogen) atoms. The van der Waals surface area contributed by atoms with Crippen LogP contribution in [-0.4, -0.2) is 42.0 Å². The van der Waals surface area contributed by atoms with Crippen molar-refractivity contribution in [2.75, 3.05) is 23.4 Å². The maximum atomic E-state index is 13.5. The Balaban J connectivity index is 1.21. The van der Waals surface area contributed by atoms with Crippen LogP contribution in [-0.2, 0) is 16.0 Å². The van der Waals surface area contributed by atoms with E-state index in [-0.39, 0.29) is 36.5 Å². The number of carboxylic acids is 1. The summed E-state index contributed by atoms with van der Waals surface area (Å²) in [6, 6.07) is 27.8. The number of hydrogen-bond acceptors (Lipinski definition) is 5. The maximum absolute atomic E-state index is 13.5. The molecule has 1 fully saturated rings. The molecule has 5 rings (SSSR count). The maximum Gasteiger partial charge on any atom is 0.326 e. The van der Waals surface area contributed by atoms with Gasteiger partial charge in [-0.15, -0.1) is 0 Å². The monoisotopic (exact) mass is 594 g/mol. The van der Waals surface area contributed by atoms with E-state index in [1.807, 2.05) is 6.07 Å². The molecule has 1 saturated carbocycles. The second-order valence-electron chi connectivity index (χ2n) is 10.9. The zero-order chi connectivity index (χ0) is 30.9. The third-order valence-electron chi connectivity index (χ3n) is 7.89. The number of ether oxygens (including phenoxy) is 1. The number of para-hydroxylation sites is 1. The van der Waals surface area contributed by atoms with Crippen LogP contribution in [0.4, 0.5) is 15.8 Å². The molecule has 2 N–H and O–H groups in total. The molecular weight excluding hydrogens is 559 g/mol. The van der Waals surface area contributed by atoms with Crippen LogP contribution in [0.1, 0.15) is 47.2 Å². The molecule has 0 heterocycles. The minimum atomic E-state index is -1.04. The molecule has 1 atom stereocenters. The zero-order valence-electron chi connectivity index (χ0n) is 24.3. The lowest BCUT2D eigenvalue weighted by molar-refractivity contribution is -0.137. The Labute approximate surface area is 256 Å². The van der Waals surface area contributed by atoms with Gasteiger partial charge in [-0.2, -0.15) is 0 Å². The highest BCUT2D eigenvalue weighted by molar-refractivity contribution is 6.12. The molecule has 1 unspecified atom stereocenters. The summed E-state index contributed by atoms with van der Waals surface area (Å²) in [4.78, 5) is 40.2. The molecule has 8 heteroatoms. The Morgan fingerprint density at radius 1 is 0.864 bits per heavy atom. The number of carbonyl (C=O) groups is 3. The van der Waals surface area contributed by atoms with Crippen LogP contribution in [0.3, 0.4) is 0 Å². The van der Waals surface area contributed by atoms with Gasteiger partial charge in [-0.25, -0.2) is 9.18 Å². The van der Waals surface area contributed by atoms with E-state index in [4.69, 9.17) is 4.74 Å². The fraction of sp³-hybridized carbons (Fsp3) is 0.250. The number of nitrogens with one attached hydrogen (secondary N) is 1. The first-order chi connectivity index (χ1) is 21.4. The van der Waals surface area contributed by atoms with E-state index in [1.54, 1.807) is 89.8 Å². The number of carboxylic acid groups (broad SMARTS) is 1. The summed E-state index contributed by atoms with van der Waals surface area (Å²) >= 11 is 0. The third kappa shape index (κ3) is 7.69. The molecule has 0 bridgehead atoms. The summed E-state index contributed by atoms with van der Waals surface area (Å²) in [5, 5.41) is 13.0. The van der Waals surface area contributed by atoms with Gasteiger partial charge in [0.25, 0.3) is 0 Å². The summed E-state index contributed by atoms with van der Waals surface area (Å²) in [6.07, 6.45) is 3.97. The molecule has 1 aliphatic carbocycles. The van der Waals surface area contributed by atoms with Crippen molar-refractivity contribution in [3.8, 4) is 5.75 Å². The van der Waals surface area contributed by atoms with Gasteiger partial charge in [0, 0.05) is 34.8 Å². The molecule has 1 aliphatic rings.